The SMILES string of the molecule is CCCCC(C)(C)c1nn(C)c(C)c1I. The smallest absolute Gasteiger partial charge is 0.0816 e. The summed E-state index contributed by atoms with van der Waals surface area (Å²) in [6.07, 6.45) is 3.75. The van der Waals surface area contributed by atoms with Crippen LogP contribution >= 0.6 is 22.6 Å². The lowest BCUT2D eigenvalue weighted by Gasteiger charge is -2.22. The molecule has 0 amide bonds. The van der Waals surface area contributed by atoms with Crippen molar-refractivity contribution in [3.05, 3.63) is 15.0 Å². The Bertz CT molecular complexity index is 340. The molecular weight excluding hydrogens is 299 g/mol. The van der Waals surface area contributed by atoms with E-state index in [-0.39, 0.29) is 5.41 Å². The van der Waals surface area contributed by atoms with E-state index in [2.05, 4.69) is 55.4 Å². The van der Waals surface area contributed by atoms with Gasteiger partial charge in [0, 0.05) is 18.2 Å². The normalized spacial score (nSPS) is 12.1. The highest BCUT2D eigenvalue weighted by molar-refractivity contribution is 14.1. The number of hydrogen-bond donors (Lipinski definition) is 0. The molecule has 0 aliphatic heterocycles. The Balaban J connectivity index is 2.98. The van der Waals surface area contributed by atoms with Crippen LogP contribution in [0.2, 0.25) is 0 Å². The van der Waals surface area contributed by atoms with E-state index in [0.717, 1.165) is 0 Å². The fourth-order valence-electron chi connectivity index (χ4n) is 1.75. The zero-order valence-electron chi connectivity index (χ0n) is 10.4. The lowest BCUT2D eigenvalue weighted by Crippen LogP contribution is -2.19. The Morgan fingerprint density at radius 1 is 1.40 bits per heavy atom. The van der Waals surface area contributed by atoms with Crippen LogP contribution in [-0.2, 0) is 12.5 Å². The third-order valence-corrected chi connectivity index (χ3v) is 4.35. The molecule has 3 heteroatoms. The van der Waals surface area contributed by atoms with Crippen LogP contribution in [0.5, 0.6) is 0 Å². The fraction of sp³-hybridized carbons (Fsp3) is 0.750. The van der Waals surface area contributed by atoms with Crippen molar-refractivity contribution in [1.29, 1.82) is 0 Å². The van der Waals surface area contributed by atoms with Gasteiger partial charge in [-0.05, 0) is 35.9 Å². The summed E-state index contributed by atoms with van der Waals surface area (Å²) in [5, 5.41) is 4.64. The van der Waals surface area contributed by atoms with Gasteiger partial charge in [0.1, 0.15) is 0 Å². The number of unbranched alkanes of at least 4 members (excludes halogenated alkanes) is 1. The van der Waals surface area contributed by atoms with Gasteiger partial charge in [0.15, 0.2) is 0 Å². The van der Waals surface area contributed by atoms with Crippen molar-refractivity contribution < 1.29 is 0 Å². The predicted octanol–water partition coefficient (Wildman–Crippen LogP) is 3.80. The molecule has 0 bridgehead atoms. The maximum absolute atomic E-state index is 4.64. The summed E-state index contributed by atoms with van der Waals surface area (Å²) in [7, 11) is 2.02. The molecule has 0 radical (unpaired) electrons. The van der Waals surface area contributed by atoms with Gasteiger partial charge in [-0.1, -0.05) is 33.6 Å². The van der Waals surface area contributed by atoms with Gasteiger partial charge in [-0.15, -0.1) is 0 Å². The van der Waals surface area contributed by atoms with Crippen LogP contribution in [0.15, 0.2) is 0 Å². The highest BCUT2D eigenvalue weighted by Crippen LogP contribution is 2.32. The molecular formula is C12H21IN2. The maximum Gasteiger partial charge on any atom is 0.0816 e. The Labute approximate surface area is 107 Å². The van der Waals surface area contributed by atoms with E-state index in [9.17, 15) is 0 Å². The van der Waals surface area contributed by atoms with Gasteiger partial charge >= 0.3 is 0 Å². The van der Waals surface area contributed by atoms with Crippen LogP contribution in [0.3, 0.4) is 0 Å². The first-order chi connectivity index (χ1) is 6.90. The van der Waals surface area contributed by atoms with Crippen molar-refractivity contribution in [3.8, 4) is 0 Å². The number of halogens is 1. The topological polar surface area (TPSA) is 17.8 Å². The third-order valence-electron chi connectivity index (χ3n) is 3.06. The number of aromatic nitrogens is 2. The van der Waals surface area contributed by atoms with Crippen molar-refractivity contribution in [3.63, 3.8) is 0 Å². The Morgan fingerprint density at radius 2 is 2.00 bits per heavy atom. The van der Waals surface area contributed by atoms with Crippen molar-refractivity contribution in [1.82, 2.24) is 9.78 Å². The van der Waals surface area contributed by atoms with Crippen LogP contribution in [-0.4, -0.2) is 9.78 Å². The number of nitrogens with zero attached hydrogens (tertiary/aromatic N) is 2. The summed E-state index contributed by atoms with van der Waals surface area (Å²) in [5.41, 5.74) is 2.74. The van der Waals surface area contributed by atoms with E-state index in [1.165, 1.54) is 34.2 Å². The second kappa shape index (κ2) is 4.85. The minimum absolute atomic E-state index is 0.207. The van der Waals surface area contributed by atoms with Gasteiger partial charge < -0.3 is 0 Å². The summed E-state index contributed by atoms with van der Waals surface area (Å²) in [6.45, 7) is 8.97. The molecule has 0 unspecified atom stereocenters. The molecule has 1 heterocycles. The lowest BCUT2D eigenvalue weighted by molar-refractivity contribution is 0.438. The minimum Gasteiger partial charge on any atom is -0.272 e. The Kier molecular flexibility index (Phi) is 4.20. The summed E-state index contributed by atoms with van der Waals surface area (Å²) in [5.74, 6) is 0. The van der Waals surface area contributed by atoms with E-state index in [1.807, 2.05) is 11.7 Å². The summed E-state index contributed by atoms with van der Waals surface area (Å²) < 4.78 is 3.32. The first-order valence-electron chi connectivity index (χ1n) is 5.59. The number of aryl methyl sites for hydroxylation is 1. The molecule has 2 nitrogen and oxygen atoms in total. The molecule has 0 aliphatic rings. The highest BCUT2D eigenvalue weighted by atomic mass is 127. The second-order valence-electron chi connectivity index (χ2n) is 4.86. The molecule has 1 rings (SSSR count). The predicted molar refractivity (Wildman–Crippen MR) is 73.2 cm³/mol. The average Bonchev–Trinajstić information content (AvgIpc) is 2.43. The van der Waals surface area contributed by atoms with E-state index in [1.54, 1.807) is 0 Å². The standard InChI is InChI=1S/C12H21IN2/c1-6-7-8-12(3,4)11-10(13)9(2)15(5)14-11/h6-8H2,1-5H3. The van der Waals surface area contributed by atoms with Crippen LogP contribution in [0.25, 0.3) is 0 Å². The summed E-state index contributed by atoms with van der Waals surface area (Å²) in [6, 6.07) is 0. The van der Waals surface area contributed by atoms with Crippen LogP contribution in [0.4, 0.5) is 0 Å². The van der Waals surface area contributed by atoms with Crippen molar-refractivity contribution in [2.24, 2.45) is 7.05 Å². The fourth-order valence-corrected chi connectivity index (χ4v) is 2.94. The number of rotatable bonds is 4. The molecule has 0 atom stereocenters. The van der Waals surface area contributed by atoms with Crippen LogP contribution in [0.1, 0.15) is 51.4 Å². The molecule has 0 saturated carbocycles. The first kappa shape index (κ1) is 13.0. The van der Waals surface area contributed by atoms with Gasteiger partial charge in [-0.3, -0.25) is 4.68 Å². The van der Waals surface area contributed by atoms with E-state index in [0.29, 0.717) is 0 Å². The Hall–Kier alpha value is -0.0600. The zero-order valence-corrected chi connectivity index (χ0v) is 12.6. The Morgan fingerprint density at radius 3 is 2.40 bits per heavy atom. The summed E-state index contributed by atoms with van der Waals surface area (Å²) in [4.78, 5) is 0. The van der Waals surface area contributed by atoms with Crippen molar-refractivity contribution in [2.45, 2.75) is 52.4 Å². The second-order valence-corrected chi connectivity index (χ2v) is 5.94. The molecule has 1 aromatic heterocycles. The van der Waals surface area contributed by atoms with Gasteiger partial charge in [-0.2, -0.15) is 5.10 Å². The molecule has 15 heavy (non-hydrogen) atoms. The van der Waals surface area contributed by atoms with E-state index in [4.69, 9.17) is 0 Å². The highest BCUT2D eigenvalue weighted by Gasteiger charge is 2.27. The van der Waals surface area contributed by atoms with Gasteiger partial charge in [-0.25, -0.2) is 0 Å². The average molecular weight is 320 g/mol. The first-order valence-corrected chi connectivity index (χ1v) is 6.67. The molecule has 0 spiro atoms. The van der Waals surface area contributed by atoms with Gasteiger partial charge in [0.05, 0.1) is 9.26 Å². The van der Waals surface area contributed by atoms with Gasteiger partial charge in [0.2, 0.25) is 0 Å². The summed E-state index contributed by atoms with van der Waals surface area (Å²) >= 11 is 2.42. The molecule has 0 fully saturated rings. The van der Waals surface area contributed by atoms with E-state index >= 15 is 0 Å². The largest absolute Gasteiger partial charge is 0.272 e. The molecule has 0 aromatic carbocycles. The van der Waals surface area contributed by atoms with Gasteiger partial charge in [0.25, 0.3) is 0 Å². The lowest BCUT2D eigenvalue weighted by atomic mass is 9.84. The van der Waals surface area contributed by atoms with Crippen molar-refractivity contribution in [2.75, 3.05) is 0 Å². The van der Waals surface area contributed by atoms with E-state index < -0.39 is 0 Å². The molecule has 1 aromatic rings. The molecule has 0 aliphatic carbocycles. The molecule has 0 saturated heterocycles. The zero-order chi connectivity index (χ0) is 11.6. The third kappa shape index (κ3) is 2.74. The number of hydrogen-bond acceptors (Lipinski definition) is 1. The monoisotopic (exact) mass is 320 g/mol. The quantitative estimate of drug-likeness (QED) is 0.772. The van der Waals surface area contributed by atoms with Crippen LogP contribution < -0.4 is 0 Å². The molecule has 86 valence electrons. The minimum atomic E-state index is 0.207. The molecule has 0 N–H and O–H groups in total. The van der Waals surface area contributed by atoms with Crippen LogP contribution in [0, 0.1) is 10.5 Å². The maximum atomic E-state index is 4.64. The van der Waals surface area contributed by atoms with Crippen molar-refractivity contribution >= 4 is 22.6 Å².